The summed E-state index contributed by atoms with van der Waals surface area (Å²) in [5.74, 6) is 0. The van der Waals surface area contributed by atoms with Crippen LogP contribution in [0.1, 0.15) is 12.5 Å². The Morgan fingerprint density at radius 2 is 2.11 bits per heavy atom. The van der Waals surface area contributed by atoms with Gasteiger partial charge in [-0.15, -0.1) is 0 Å². The summed E-state index contributed by atoms with van der Waals surface area (Å²) in [6.07, 6.45) is 3.75. The van der Waals surface area contributed by atoms with Crippen molar-refractivity contribution in [3.8, 4) is 0 Å². The molecule has 2 atom stereocenters. The molecule has 1 aliphatic heterocycles. The maximum atomic E-state index is 4.07. The van der Waals surface area contributed by atoms with Gasteiger partial charge in [-0.2, -0.15) is 0 Å². The fraction of sp³-hybridized carbons (Fsp3) is 0.643. The van der Waals surface area contributed by atoms with Crippen LogP contribution in [0.2, 0.25) is 0 Å². The van der Waals surface area contributed by atoms with E-state index >= 15 is 0 Å². The summed E-state index contributed by atoms with van der Waals surface area (Å²) in [5.41, 5.74) is 1.35. The highest BCUT2D eigenvalue weighted by Gasteiger charge is 2.24. The Morgan fingerprint density at radius 3 is 2.78 bits per heavy atom. The van der Waals surface area contributed by atoms with Crippen molar-refractivity contribution in [2.45, 2.75) is 25.6 Å². The summed E-state index contributed by atoms with van der Waals surface area (Å²) >= 11 is 0. The number of pyridine rings is 1. The van der Waals surface area contributed by atoms with Crippen molar-refractivity contribution < 1.29 is 0 Å². The predicted octanol–water partition coefficient (Wildman–Crippen LogP) is 0.805. The highest BCUT2D eigenvalue weighted by molar-refractivity contribution is 5.10. The van der Waals surface area contributed by atoms with E-state index in [1.807, 2.05) is 12.4 Å². The average molecular weight is 248 g/mol. The zero-order valence-corrected chi connectivity index (χ0v) is 11.6. The van der Waals surface area contributed by atoms with Crippen LogP contribution in [0, 0.1) is 0 Å². The molecule has 0 radical (unpaired) electrons. The second-order valence-electron chi connectivity index (χ2n) is 5.50. The lowest BCUT2D eigenvalue weighted by molar-refractivity contribution is 0.121. The second-order valence-corrected chi connectivity index (χ2v) is 5.50. The Hall–Kier alpha value is -0.970. The molecule has 100 valence electrons. The molecule has 2 rings (SSSR count). The van der Waals surface area contributed by atoms with Gasteiger partial charge >= 0.3 is 0 Å². The number of hydrogen-bond donors (Lipinski definition) is 1. The first-order valence-electron chi connectivity index (χ1n) is 6.66. The molecule has 2 heterocycles. The first-order valence-corrected chi connectivity index (χ1v) is 6.66. The van der Waals surface area contributed by atoms with Crippen LogP contribution in [0.25, 0.3) is 0 Å². The Balaban J connectivity index is 1.93. The van der Waals surface area contributed by atoms with Crippen molar-refractivity contribution in [1.29, 1.82) is 0 Å². The Morgan fingerprint density at radius 1 is 1.39 bits per heavy atom. The second kappa shape index (κ2) is 6.27. The van der Waals surface area contributed by atoms with Gasteiger partial charge in [-0.1, -0.05) is 0 Å². The lowest BCUT2D eigenvalue weighted by Crippen LogP contribution is -2.57. The third kappa shape index (κ3) is 3.77. The lowest BCUT2D eigenvalue weighted by Gasteiger charge is -2.39. The minimum absolute atomic E-state index is 0.568. The molecule has 0 aliphatic carbocycles. The molecule has 1 N–H and O–H groups in total. The summed E-state index contributed by atoms with van der Waals surface area (Å²) in [6.45, 7) is 6.60. The van der Waals surface area contributed by atoms with Crippen molar-refractivity contribution in [3.05, 3.63) is 30.1 Å². The van der Waals surface area contributed by atoms with Gasteiger partial charge in [0.25, 0.3) is 0 Å². The van der Waals surface area contributed by atoms with Crippen molar-refractivity contribution in [2.24, 2.45) is 0 Å². The molecule has 0 saturated carbocycles. The van der Waals surface area contributed by atoms with Crippen molar-refractivity contribution in [3.63, 3.8) is 0 Å². The number of nitrogens with one attached hydrogen (secondary N) is 1. The topological polar surface area (TPSA) is 31.4 Å². The summed E-state index contributed by atoms with van der Waals surface area (Å²) in [4.78, 5) is 8.88. The van der Waals surface area contributed by atoms with Gasteiger partial charge in [0, 0.05) is 50.7 Å². The predicted molar refractivity (Wildman–Crippen MR) is 74.5 cm³/mol. The number of hydrogen-bond acceptors (Lipinski definition) is 4. The number of nitrogens with zero attached hydrogens (tertiary/aromatic N) is 3. The molecule has 4 nitrogen and oxygen atoms in total. The minimum atomic E-state index is 0.568. The summed E-state index contributed by atoms with van der Waals surface area (Å²) < 4.78 is 0. The minimum Gasteiger partial charge on any atom is -0.310 e. The van der Waals surface area contributed by atoms with E-state index < -0.39 is 0 Å². The van der Waals surface area contributed by atoms with Crippen LogP contribution in [0.4, 0.5) is 0 Å². The van der Waals surface area contributed by atoms with E-state index in [1.165, 1.54) is 5.56 Å². The van der Waals surface area contributed by atoms with Crippen LogP contribution in [0.3, 0.4) is 0 Å². The first kappa shape index (κ1) is 13.5. The van der Waals surface area contributed by atoms with Crippen LogP contribution >= 0.6 is 0 Å². The molecule has 2 unspecified atom stereocenters. The molecule has 1 aliphatic rings. The standard InChI is InChI=1S/C14H24N4/c1-12-8-16-14(10-17(2)3)11-18(12)9-13-4-6-15-7-5-13/h4-7,12,14,16H,8-11H2,1-3H3. The average Bonchev–Trinajstić information content (AvgIpc) is 2.34. The van der Waals surface area contributed by atoms with Gasteiger partial charge in [0.2, 0.25) is 0 Å². The molecule has 0 spiro atoms. The van der Waals surface area contributed by atoms with Crippen LogP contribution in [-0.2, 0) is 6.54 Å². The normalized spacial score (nSPS) is 25.6. The number of likely N-dealkylation sites (N-methyl/N-ethyl adjacent to an activating group) is 1. The first-order chi connectivity index (χ1) is 8.65. The fourth-order valence-electron chi connectivity index (χ4n) is 2.50. The highest BCUT2D eigenvalue weighted by Crippen LogP contribution is 2.12. The van der Waals surface area contributed by atoms with Crippen molar-refractivity contribution in [2.75, 3.05) is 33.7 Å². The molecular weight excluding hydrogens is 224 g/mol. The van der Waals surface area contributed by atoms with E-state index in [9.17, 15) is 0 Å². The molecule has 18 heavy (non-hydrogen) atoms. The molecular formula is C14H24N4. The summed E-state index contributed by atoms with van der Waals surface area (Å²) in [7, 11) is 4.26. The van der Waals surface area contributed by atoms with Crippen molar-refractivity contribution >= 4 is 0 Å². The molecule has 1 aromatic rings. The third-order valence-corrected chi connectivity index (χ3v) is 3.50. The lowest BCUT2D eigenvalue weighted by atomic mass is 10.1. The molecule has 0 amide bonds. The zero-order valence-electron chi connectivity index (χ0n) is 11.6. The van der Waals surface area contributed by atoms with E-state index in [1.54, 1.807) is 0 Å². The van der Waals surface area contributed by atoms with E-state index in [2.05, 4.69) is 53.3 Å². The fourth-order valence-corrected chi connectivity index (χ4v) is 2.50. The van der Waals surface area contributed by atoms with Gasteiger partial charge < -0.3 is 10.2 Å². The Kier molecular flexibility index (Phi) is 4.69. The van der Waals surface area contributed by atoms with Gasteiger partial charge in [0.05, 0.1) is 0 Å². The number of aromatic nitrogens is 1. The van der Waals surface area contributed by atoms with E-state index in [0.717, 1.165) is 26.2 Å². The Labute approximate surface area is 110 Å². The van der Waals surface area contributed by atoms with Crippen LogP contribution < -0.4 is 5.32 Å². The number of rotatable bonds is 4. The van der Waals surface area contributed by atoms with E-state index in [0.29, 0.717) is 12.1 Å². The smallest absolute Gasteiger partial charge is 0.0323 e. The zero-order chi connectivity index (χ0) is 13.0. The van der Waals surface area contributed by atoms with Crippen molar-refractivity contribution in [1.82, 2.24) is 20.1 Å². The van der Waals surface area contributed by atoms with Gasteiger partial charge in [-0.05, 0) is 38.7 Å². The summed E-state index contributed by atoms with van der Waals surface area (Å²) in [5, 5.41) is 3.62. The molecule has 0 aromatic carbocycles. The molecule has 1 fully saturated rings. The maximum absolute atomic E-state index is 4.07. The van der Waals surface area contributed by atoms with E-state index in [-0.39, 0.29) is 0 Å². The third-order valence-electron chi connectivity index (χ3n) is 3.50. The highest BCUT2D eigenvalue weighted by atomic mass is 15.2. The van der Waals surface area contributed by atoms with Crippen LogP contribution in [-0.4, -0.2) is 60.6 Å². The molecule has 0 bridgehead atoms. The van der Waals surface area contributed by atoms with Crippen LogP contribution in [0.5, 0.6) is 0 Å². The molecule has 1 saturated heterocycles. The Bertz CT molecular complexity index is 352. The van der Waals surface area contributed by atoms with Gasteiger partial charge in [-0.3, -0.25) is 9.88 Å². The van der Waals surface area contributed by atoms with Crippen LogP contribution in [0.15, 0.2) is 24.5 Å². The molecule has 4 heteroatoms. The molecule has 1 aromatic heterocycles. The maximum Gasteiger partial charge on any atom is 0.0323 e. The monoisotopic (exact) mass is 248 g/mol. The largest absolute Gasteiger partial charge is 0.310 e. The quantitative estimate of drug-likeness (QED) is 0.854. The van der Waals surface area contributed by atoms with E-state index in [4.69, 9.17) is 0 Å². The SMILES string of the molecule is CC1CNC(CN(C)C)CN1Cc1ccncc1. The number of piperazine rings is 1. The summed E-state index contributed by atoms with van der Waals surface area (Å²) in [6, 6.07) is 5.38. The van der Waals surface area contributed by atoms with Gasteiger partial charge in [0.1, 0.15) is 0 Å². The van der Waals surface area contributed by atoms with Gasteiger partial charge in [0.15, 0.2) is 0 Å². The van der Waals surface area contributed by atoms with Gasteiger partial charge in [-0.25, -0.2) is 0 Å².